The van der Waals surface area contributed by atoms with Crippen LogP contribution in [0.15, 0.2) is 28.4 Å². The second-order valence-corrected chi connectivity index (χ2v) is 10.3. The molecule has 2 aliphatic carbocycles. The lowest BCUT2D eigenvalue weighted by Gasteiger charge is -2.39. The van der Waals surface area contributed by atoms with Crippen LogP contribution in [0.5, 0.6) is 17.2 Å². The van der Waals surface area contributed by atoms with E-state index in [0.717, 1.165) is 31.4 Å². The Morgan fingerprint density at radius 2 is 1.68 bits per heavy atom. The maximum atomic E-state index is 13.6. The standard InChI is InChI=1S/C27H35NO6/c1-15-21(26(30)34-16-9-7-8-10-16)22(23-18(28-15)13-27(2,3)14-19(23)29)17-11-12-20(31-4)25(33-6)24(17)32-5/h11-12,16,21-22H,7-10,13-14H2,1-6H3/t21?,22-/m0/s1. The molecule has 1 heterocycles. The number of ether oxygens (including phenoxy) is 4. The predicted octanol–water partition coefficient (Wildman–Crippen LogP) is 5.02. The van der Waals surface area contributed by atoms with Gasteiger partial charge in [0.15, 0.2) is 17.3 Å². The molecule has 0 radical (unpaired) electrons. The van der Waals surface area contributed by atoms with Crippen LogP contribution in [0.1, 0.15) is 70.8 Å². The largest absolute Gasteiger partial charge is 0.493 e. The zero-order chi connectivity index (χ0) is 24.6. The van der Waals surface area contributed by atoms with Gasteiger partial charge in [-0.25, -0.2) is 0 Å². The second-order valence-electron chi connectivity index (χ2n) is 10.3. The summed E-state index contributed by atoms with van der Waals surface area (Å²) in [4.78, 5) is 32.0. The SMILES string of the molecule is COc1ccc([C@@H]2C3=C(CC(C)(C)CC3=O)N=C(C)C2C(=O)OC2CCCC2)c(OC)c1OC. The third kappa shape index (κ3) is 4.32. The van der Waals surface area contributed by atoms with E-state index in [0.29, 0.717) is 46.9 Å². The third-order valence-electron chi connectivity index (χ3n) is 7.21. The molecule has 2 atom stereocenters. The van der Waals surface area contributed by atoms with Crippen molar-refractivity contribution in [1.29, 1.82) is 0 Å². The first-order valence-corrected chi connectivity index (χ1v) is 12.0. The number of hydrogen-bond acceptors (Lipinski definition) is 7. The summed E-state index contributed by atoms with van der Waals surface area (Å²) in [6.07, 6.45) is 4.86. The summed E-state index contributed by atoms with van der Waals surface area (Å²) in [6, 6.07) is 3.64. The number of nitrogens with zero attached hydrogens (tertiary/aromatic N) is 1. The topological polar surface area (TPSA) is 83.4 Å². The van der Waals surface area contributed by atoms with Gasteiger partial charge in [0.05, 0.1) is 21.3 Å². The summed E-state index contributed by atoms with van der Waals surface area (Å²) in [5.41, 5.74) is 2.51. The molecule has 1 aliphatic heterocycles. The summed E-state index contributed by atoms with van der Waals surface area (Å²) in [5, 5.41) is 0. The van der Waals surface area contributed by atoms with Gasteiger partial charge in [0.2, 0.25) is 5.75 Å². The Balaban J connectivity index is 1.88. The number of benzene rings is 1. The van der Waals surface area contributed by atoms with Crippen LogP contribution in [0.25, 0.3) is 0 Å². The molecule has 1 saturated carbocycles. The molecule has 1 aromatic carbocycles. The normalized spacial score (nSPS) is 24.4. The molecule has 1 unspecified atom stereocenters. The molecule has 4 rings (SSSR count). The van der Waals surface area contributed by atoms with Crippen molar-refractivity contribution >= 4 is 17.5 Å². The van der Waals surface area contributed by atoms with E-state index < -0.39 is 11.8 Å². The monoisotopic (exact) mass is 469 g/mol. The summed E-state index contributed by atoms with van der Waals surface area (Å²) < 4.78 is 22.8. The molecule has 0 aromatic heterocycles. The average molecular weight is 470 g/mol. The lowest BCUT2D eigenvalue weighted by molar-refractivity contribution is -0.151. The number of esters is 1. The minimum absolute atomic E-state index is 0.0167. The molecule has 1 fully saturated rings. The van der Waals surface area contributed by atoms with Crippen LogP contribution in [0.4, 0.5) is 0 Å². The fourth-order valence-corrected chi connectivity index (χ4v) is 5.70. The van der Waals surface area contributed by atoms with Crippen molar-refractivity contribution in [2.45, 2.75) is 71.3 Å². The molecule has 0 bridgehead atoms. The van der Waals surface area contributed by atoms with Gasteiger partial charge in [-0.05, 0) is 50.5 Å². The van der Waals surface area contributed by atoms with Gasteiger partial charge >= 0.3 is 5.97 Å². The van der Waals surface area contributed by atoms with Crippen LogP contribution in [-0.4, -0.2) is 44.9 Å². The Labute approximate surface area is 201 Å². The van der Waals surface area contributed by atoms with Crippen LogP contribution in [0.3, 0.4) is 0 Å². The smallest absolute Gasteiger partial charge is 0.315 e. The van der Waals surface area contributed by atoms with E-state index >= 15 is 0 Å². The first-order chi connectivity index (χ1) is 16.2. The lowest BCUT2D eigenvalue weighted by atomic mass is 9.66. The van der Waals surface area contributed by atoms with Crippen molar-refractivity contribution in [2.24, 2.45) is 16.3 Å². The van der Waals surface area contributed by atoms with E-state index in [1.165, 1.54) is 0 Å². The van der Waals surface area contributed by atoms with Crippen LogP contribution >= 0.6 is 0 Å². The van der Waals surface area contributed by atoms with Gasteiger partial charge in [-0.15, -0.1) is 0 Å². The molecule has 0 saturated heterocycles. The van der Waals surface area contributed by atoms with Gasteiger partial charge in [-0.3, -0.25) is 14.6 Å². The van der Waals surface area contributed by atoms with Gasteiger partial charge in [0.1, 0.15) is 12.0 Å². The van der Waals surface area contributed by atoms with Crippen LogP contribution in [0, 0.1) is 11.3 Å². The number of aliphatic imine (C=N–C) groups is 1. The second kappa shape index (κ2) is 9.43. The highest BCUT2D eigenvalue weighted by atomic mass is 16.5. The highest BCUT2D eigenvalue weighted by Gasteiger charge is 2.47. The van der Waals surface area contributed by atoms with Crippen molar-refractivity contribution in [1.82, 2.24) is 0 Å². The fourth-order valence-electron chi connectivity index (χ4n) is 5.70. The molecule has 7 nitrogen and oxygen atoms in total. The zero-order valence-corrected chi connectivity index (χ0v) is 21.0. The molecular formula is C27H35NO6. The van der Waals surface area contributed by atoms with Gasteiger partial charge in [0.25, 0.3) is 0 Å². The Morgan fingerprint density at radius 1 is 1.00 bits per heavy atom. The van der Waals surface area contributed by atoms with Gasteiger partial charge < -0.3 is 18.9 Å². The zero-order valence-electron chi connectivity index (χ0n) is 21.0. The maximum Gasteiger partial charge on any atom is 0.315 e. The maximum absolute atomic E-state index is 13.6. The molecule has 184 valence electrons. The van der Waals surface area contributed by atoms with E-state index in [4.69, 9.17) is 23.9 Å². The number of allylic oxidation sites excluding steroid dienone is 2. The Morgan fingerprint density at radius 3 is 2.29 bits per heavy atom. The molecule has 3 aliphatic rings. The van der Waals surface area contributed by atoms with Gasteiger partial charge in [-0.1, -0.05) is 19.9 Å². The van der Waals surface area contributed by atoms with E-state index in [2.05, 4.69) is 13.8 Å². The molecule has 1 aromatic rings. The number of Topliss-reactive ketones (excluding diaryl/α,β-unsaturated/α-hetero) is 1. The first-order valence-electron chi connectivity index (χ1n) is 12.0. The minimum Gasteiger partial charge on any atom is -0.493 e. The quantitative estimate of drug-likeness (QED) is 0.544. The fraction of sp³-hybridized carbons (Fsp3) is 0.593. The third-order valence-corrected chi connectivity index (χ3v) is 7.21. The molecule has 0 amide bonds. The summed E-state index contributed by atoms with van der Waals surface area (Å²) in [6.45, 7) is 6.01. The lowest BCUT2D eigenvalue weighted by Crippen LogP contribution is -2.40. The van der Waals surface area contributed by atoms with Crippen molar-refractivity contribution in [3.63, 3.8) is 0 Å². The van der Waals surface area contributed by atoms with Crippen molar-refractivity contribution < 1.29 is 28.5 Å². The van der Waals surface area contributed by atoms with Crippen molar-refractivity contribution in [3.8, 4) is 17.2 Å². The molecular weight excluding hydrogens is 434 g/mol. The van der Waals surface area contributed by atoms with Crippen LogP contribution in [-0.2, 0) is 14.3 Å². The summed E-state index contributed by atoms with van der Waals surface area (Å²) >= 11 is 0. The van der Waals surface area contributed by atoms with Crippen LogP contribution < -0.4 is 14.2 Å². The number of ketones is 1. The number of methoxy groups -OCH3 is 3. The minimum atomic E-state index is -0.712. The number of rotatable bonds is 6. The molecule has 34 heavy (non-hydrogen) atoms. The van der Waals surface area contributed by atoms with Crippen molar-refractivity contribution in [3.05, 3.63) is 29.0 Å². The number of carbonyl (C=O) groups excluding carboxylic acids is 2. The van der Waals surface area contributed by atoms with Gasteiger partial charge in [0, 0.05) is 34.9 Å². The van der Waals surface area contributed by atoms with Crippen molar-refractivity contribution in [2.75, 3.05) is 21.3 Å². The molecule has 0 spiro atoms. The highest BCUT2D eigenvalue weighted by Crippen LogP contribution is 2.52. The summed E-state index contributed by atoms with van der Waals surface area (Å²) in [7, 11) is 4.66. The van der Waals surface area contributed by atoms with Gasteiger partial charge in [-0.2, -0.15) is 0 Å². The summed E-state index contributed by atoms with van der Waals surface area (Å²) in [5.74, 6) is -0.209. The first kappa shape index (κ1) is 24.3. The Bertz CT molecular complexity index is 1050. The van der Waals surface area contributed by atoms with E-state index in [1.807, 2.05) is 13.0 Å². The Hall–Kier alpha value is -2.83. The predicted molar refractivity (Wildman–Crippen MR) is 129 cm³/mol. The molecule has 0 N–H and O–H groups in total. The van der Waals surface area contributed by atoms with E-state index in [9.17, 15) is 9.59 Å². The number of hydrogen-bond donors (Lipinski definition) is 0. The van der Waals surface area contributed by atoms with Crippen LogP contribution in [0.2, 0.25) is 0 Å². The average Bonchev–Trinajstić information content (AvgIpc) is 3.28. The van der Waals surface area contributed by atoms with E-state index in [1.54, 1.807) is 27.4 Å². The Kier molecular flexibility index (Phi) is 6.74. The number of carbonyl (C=O) groups is 2. The molecule has 7 heteroatoms. The highest BCUT2D eigenvalue weighted by molar-refractivity contribution is 6.09. The van der Waals surface area contributed by atoms with E-state index in [-0.39, 0.29) is 23.3 Å².